The van der Waals surface area contributed by atoms with Gasteiger partial charge in [0.25, 0.3) is 0 Å². The third-order valence-corrected chi connectivity index (χ3v) is 14.9. The Kier molecular flexibility index (Phi) is 11.4. The predicted octanol–water partition coefficient (Wildman–Crippen LogP) is 17.5. The van der Waals surface area contributed by atoms with Gasteiger partial charge in [-0.15, -0.1) is 0 Å². The Labute approximate surface area is 400 Å². The highest BCUT2D eigenvalue weighted by Gasteiger charge is 2.47. The molecule has 8 aromatic rings. The normalized spacial score (nSPS) is 16.0. The van der Waals surface area contributed by atoms with Crippen LogP contribution in [0, 0.1) is 11.8 Å². The molecule has 10 rings (SSSR count). The molecule has 67 heavy (non-hydrogen) atoms. The lowest BCUT2D eigenvalue weighted by atomic mass is 9.67. The van der Waals surface area contributed by atoms with E-state index in [1.165, 1.54) is 78.7 Å². The maximum Gasteiger partial charge on any atom is 0.119 e. The Morgan fingerprint density at radius 2 is 1.01 bits per heavy atom. The molecular weight excluding hydrogens is 811 g/mol. The minimum absolute atomic E-state index is 0.0237. The number of ether oxygens (including phenoxy) is 1. The number of fused-ring (bicyclic) bond motifs is 6. The summed E-state index contributed by atoms with van der Waals surface area (Å²) in [4.78, 5) is 2.45. The molecule has 0 saturated carbocycles. The van der Waals surface area contributed by atoms with Crippen molar-refractivity contribution in [1.82, 2.24) is 0 Å². The summed E-state index contributed by atoms with van der Waals surface area (Å²) in [6.45, 7) is 21.5. The van der Waals surface area contributed by atoms with Crippen molar-refractivity contribution < 1.29 is 4.74 Å². The maximum atomic E-state index is 6.56. The van der Waals surface area contributed by atoms with E-state index in [4.69, 9.17) is 4.74 Å². The number of hydrogen-bond donors (Lipinski definition) is 0. The molecule has 0 spiro atoms. The zero-order chi connectivity index (χ0) is 46.7. The Hall–Kier alpha value is -6.64. The largest absolute Gasteiger partial charge is 0.489 e. The van der Waals surface area contributed by atoms with Crippen molar-refractivity contribution in [2.75, 3.05) is 4.90 Å². The number of nitrogens with zero attached hydrogens (tertiary/aromatic N) is 1. The summed E-state index contributed by atoms with van der Waals surface area (Å²) in [6, 6.07) is 70.6. The van der Waals surface area contributed by atoms with Gasteiger partial charge >= 0.3 is 0 Å². The molecule has 2 unspecified atom stereocenters. The van der Waals surface area contributed by atoms with Crippen LogP contribution in [0.2, 0.25) is 0 Å². The van der Waals surface area contributed by atoms with Gasteiger partial charge in [-0.1, -0.05) is 202 Å². The van der Waals surface area contributed by atoms with Gasteiger partial charge < -0.3 is 9.64 Å². The molecule has 8 aromatic carbocycles. The minimum atomic E-state index is -0.598. The molecule has 0 N–H and O–H groups in total. The molecule has 2 aliphatic carbocycles. The number of hydrogen-bond acceptors (Lipinski definition) is 2. The van der Waals surface area contributed by atoms with Crippen LogP contribution in [0.15, 0.2) is 188 Å². The van der Waals surface area contributed by atoms with E-state index in [-0.39, 0.29) is 10.8 Å². The van der Waals surface area contributed by atoms with Crippen LogP contribution in [0.4, 0.5) is 17.1 Å². The third-order valence-electron chi connectivity index (χ3n) is 14.9. The van der Waals surface area contributed by atoms with Gasteiger partial charge in [0.15, 0.2) is 0 Å². The van der Waals surface area contributed by atoms with E-state index in [1.54, 1.807) is 0 Å². The monoisotopic (exact) mass is 876 g/mol. The lowest BCUT2D eigenvalue weighted by molar-refractivity contribution is 0.306. The van der Waals surface area contributed by atoms with E-state index in [1.807, 2.05) is 0 Å². The molecule has 0 radical (unpaired) electrons. The minimum Gasteiger partial charge on any atom is -0.489 e. The van der Waals surface area contributed by atoms with Crippen molar-refractivity contribution in [1.29, 1.82) is 0 Å². The highest BCUT2D eigenvalue weighted by molar-refractivity contribution is 5.90. The van der Waals surface area contributed by atoms with Crippen LogP contribution < -0.4 is 9.64 Å². The highest BCUT2D eigenvalue weighted by atomic mass is 16.5. The second-order valence-corrected chi connectivity index (χ2v) is 21.5. The van der Waals surface area contributed by atoms with Gasteiger partial charge in [0.05, 0.1) is 5.41 Å². The zero-order valence-corrected chi connectivity index (χ0v) is 40.9. The Morgan fingerprint density at radius 1 is 0.493 bits per heavy atom. The van der Waals surface area contributed by atoms with Crippen LogP contribution >= 0.6 is 0 Å². The van der Waals surface area contributed by atoms with Crippen LogP contribution in [0.5, 0.6) is 5.75 Å². The fourth-order valence-electron chi connectivity index (χ4n) is 11.4. The van der Waals surface area contributed by atoms with Crippen molar-refractivity contribution >= 4 is 17.1 Å². The fraction of sp³-hybridized carbons (Fsp3) is 0.262. The van der Waals surface area contributed by atoms with Crippen molar-refractivity contribution in [2.45, 2.75) is 97.5 Å². The topological polar surface area (TPSA) is 12.5 Å². The van der Waals surface area contributed by atoms with Crippen LogP contribution in [-0.4, -0.2) is 0 Å². The molecule has 2 atom stereocenters. The van der Waals surface area contributed by atoms with Crippen LogP contribution in [0.1, 0.15) is 125 Å². The molecule has 0 amide bonds. The summed E-state index contributed by atoms with van der Waals surface area (Å²) in [5.74, 6) is 2.70. The number of benzene rings is 8. The summed E-state index contributed by atoms with van der Waals surface area (Å²) >= 11 is 0. The van der Waals surface area contributed by atoms with Gasteiger partial charge in [-0.25, -0.2) is 0 Å². The van der Waals surface area contributed by atoms with Crippen molar-refractivity contribution in [3.63, 3.8) is 0 Å². The second-order valence-electron chi connectivity index (χ2n) is 21.5. The summed E-state index contributed by atoms with van der Waals surface area (Å²) in [6.07, 6.45) is 1.20. The molecule has 2 heteroatoms. The summed E-state index contributed by atoms with van der Waals surface area (Å²) in [5.41, 5.74) is 19.6. The standard InChI is InChI=1S/C65H65NO/c1-43(2)39-58(44(3)4)46-25-23-45(24-26-46)42-67-53-35-31-49(32-36-53)65(48-29-27-47(28-30-48)63(5,6)7)60-22-16-14-20-55(60)57-38-34-52(41-62(57)65)66(50-17-11-10-12-18-50)51-33-37-56-54-19-13-15-21-59(54)64(8,9)61(56)40-51/h10-38,40-41,43-44,58H,39,42H2,1-9H3. The summed E-state index contributed by atoms with van der Waals surface area (Å²) in [5, 5.41) is 0. The van der Waals surface area contributed by atoms with Crippen LogP contribution in [0.3, 0.4) is 0 Å². The molecule has 0 fully saturated rings. The molecule has 336 valence electrons. The van der Waals surface area contributed by atoms with E-state index < -0.39 is 5.41 Å². The molecule has 0 aliphatic heterocycles. The van der Waals surface area contributed by atoms with E-state index in [2.05, 4.69) is 255 Å². The Bertz CT molecular complexity index is 3040. The average Bonchev–Trinajstić information content (AvgIpc) is 3.75. The van der Waals surface area contributed by atoms with Gasteiger partial charge in [0, 0.05) is 22.5 Å². The summed E-state index contributed by atoms with van der Waals surface area (Å²) in [7, 11) is 0. The lowest BCUT2D eigenvalue weighted by Crippen LogP contribution is -2.29. The first-order valence-corrected chi connectivity index (χ1v) is 24.5. The average molecular weight is 876 g/mol. The molecule has 2 nitrogen and oxygen atoms in total. The molecule has 0 heterocycles. The van der Waals surface area contributed by atoms with Crippen LogP contribution in [0.25, 0.3) is 22.3 Å². The van der Waals surface area contributed by atoms with Crippen LogP contribution in [-0.2, 0) is 22.9 Å². The van der Waals surface area contributed by atoms with E-state index in [0.29, 0.717) is 24.4 Å². The first-order valence-electron chi connectivity index (χ1n) is 24.5. The summed E-state index contributed by atoms with van der Waals surface area (Å²) < 4.78 is 6.56. The smallest absolute Gasteiger partial charge is 0.119 e. The van der Waals surface area contributed by atoms with Crippen molar-refractivity contribution in [3.8, 4) is 28.0 Å². The maximum absolute atomic E-state index is 6.56. The van der Waals surface area contributed by atoms with Gasteiger partial charge in [-0.3, -0.25) is 0 Å². The first kappa shape index (κ1) is 44.2. The predicted molar refractivity (Wildman–Crippen MR) is 283 cm³/mol. The number of rotatable bonds is 12. The lowest BCUT2D eigenvalue weighted by Gasteiger charge is -2.35. The molecule has 0 bridgehead atoms. The first-order chi connectivity index (χ1) is 32.2. The van der Waals surface area contributed by atoms with E-state index in [0.717, 1.165) is 22.8 Å². The second kappa shape index (κ2) is 17.2. The SMILES string of the molecule is CC(C)CC(c1ccc(COc2ccc(C3(c4ccc(C(C)(C)C)cc4)c4ccccc4-c4ccc(N(c5ccccc5)c5ccc6c(c5)C(C)(C)c5ccccc5-6)cc43)cc2)cc1)C(C)C. The third kappa shape index (κ3) is 7.79. The van der Waals surface area contributed by atoms with Gasteiger partial charge in [0.2, 0.25) is 0 Å². The quantitative estimate of drug-likeness (QED) is 0.121. The van der Waals surface area contributed by atoms with Gasteiger partial charge in [-0.2, -0.15) is 0 Å². The number of anilines is 3. The molecular formula is C65H65NO. The van der Waals surface area contributed by atoms with E-state index in [9.17, 15) is 0 Å². The van der Waals surface area contributed by atoms with Gasteiger partial charge in [-0.05, 0) is 150 Å². The Morgan fingerprint density at radius 3 is 1.61 bits per heavy atom. The van der Waals surface area contributed by atoms with Crippen molar-refractivity contribution in [2.24, 2.45) is 11.8 Å². The van der Waals surface area contributed by atoms with Gasteiger partial charge in [0.1, 0.15) is 12.4 Å². The zero-order valence-electron chi connectivity index (χ0n) is 40.9. The molecule has 0 aromatic heterocycles. The number of para-hydroxylation sites is 1. The molecule has 2 aliphatic rings. The van der Waals surface area contributed by atoms with Crippen molar-refractivity contribution in [3.05, 3.63) is 238 Å². The highest BCUT2D eigenvalue weighted by Crippen LogP contribution is 2.58. The van der Waals surface area contributed by atoms with E-state index >= 15 is 0 Å². The Balaban J connectivity index is 1.08. The fourth-order valence-corrected chi connectivity index (χ4v) is 11.4. The molecule has 0 saturated heterocycles.